The summed E-state index contributed by atoms with van der Waals surface area (Å²) < 4.78 is 11.1. The van der Waals surface area contributed by atoms with Crippen LogP contribution >= 0.6 is 23.2 Å². The first kappa shape index (κ1) is 27.2. The van der Waals surface area contributed by atoms with Crippen LogP contribution in [0.5, 0.6) is 11.5 Å². The van der Waals surface area contributed by atoms with Gasteiger partial charge in [0.15, 0.2) is 5.82 Å². The van der Waals surface area contributed by atoms with Crippen LogP contribution in [0.4, 0.5) is 11.4 Å². The molecule has 0 N–H and O–H groups in total. The third-order valence-electron chi connectivity index (χ3n) is 6.15. The second kappa shape index (κ2) is 12.2. The Labute approximate surface area is 241 Å². The predicted molar refractivity (Wildman–Crippen MR) is 158 cm³/mol. The van der Waals surface area contributed by atoms with Crippen LogP contribution in [0.1, 0.15) is 19.2 Å². The summed E-state index contributed by atoms with van der Waals surface area (Å²) in [7, 11) is 1.63. The third-order valence-corrected chi connectivity index (χ3v) is 6.59. The summed E-state index contributed by atoms with van der Waals surface area (Å²) >= 11 is 12.3. The summed E-state index contributed by atoms with van der Waals surface area (Å²) in [5, 5.41) is 19.1. The first-order valence-electron chi connectivity index (χ1n) is 12.5. The Kier molecular flexibility index (Phi) is 8.29. The fourth-order valence-electron chi connectivity index (χ4n) is 4.18. The van der Waals surface area contributed by atoms with Gasteiger partial charge in [0, 0.05) is 27.8 Å². The summed E-state index contributed by atoms with van der Waals surface area (Å²) in [4.78, 5) is 13.0. The van der Waals surface area contributed by atoms with Gasteiger partial charge in [0.25, 0.3) is 0 Å². The number of anilines is 1. The predicted octanol–water partition coefficient (Wildman–Crippen LogP) is 6.42. The maximum Gasteiger partial charge on any atom is 0.204 e. The van der Waals surface area contributed by atoms with Crippen molar-refractivity contribution in [2.75, 3.05) is 31.7 Å². The number of hydrogen-bond donors (Lipinski definition) is 0. The topological polar surface area (TPSA) is 101 Å². The van der Waals surface area contributed by atoms with Crippen LogP contribution in [0, 0.1) is 11.3 Å². The van der Waals surface area contributed by atoms with Crippen molar-refractivity contribution in [3.63, 3.8) is 0 Å². The molecule has 0 spiro atoms. The fourth-order valence-corrected chi connectivity index (χ4v) is 4.70. The number of hydrogen-bond acceptors (Lipinski definition) is 8. The first-order valence-corrected chi connectivity index (χ1v) is 13.3. The van der Waals surface area contributed by atoms with E-state index < -0.39 is 0 Å². The molecule has 0 unspecified atom stereocenters. The van der Waals surface area contributed by atoms with Crippen LogP contribution in [0.3, 0.4) is 0 Å². The number of methoxy groups -OCH3 is 1. The molecule has 0 aliphatic carbocycles. The Morgan fingerprint density at radius 3 is 2.35 bits per heavy atom. The number of halogens is 2. The molecule has 1 aromatic heterocycles. The molecule has 3 aromatic carbocycles. The minimum Gasteiger partial charge on any atom is -0.497 e. The van der Waals surface area contributed by atoms with E-state index in [1.807, 2.05) is 55.5 Å². The SMILES string of the molecule is COc1ccc(OCCN(CCC#N)c2ccc(N=C3C(C)=Nn4nc(-c5cc(Cl)cc(Cl)c5)nc43)cc2)cc1. The summed E-state index contributed by atoms with van der Waals surface area (Å²) in [6.45, 7) is 3.54. The van der Waals surface area contributed by atoms with Gasteiger partial charge in [-0.1, -0.05) is 23.2 Å². The van der Waals surface area contributed by atoms with Gasteiger partial charge in [0.1, 0.15) is 23.8 Å². The highest BCUT2D eigenvalue weighted by molar-refractivity contribution is 6.48. The van der Waals surface area contributed by atoms with Crippen molar-refractivity contribution in [2.24, 2.45) is 10.1 Å². The standard InChI is InChI=1S/C29H25Cl2N7O2/c1-19-27(29-34-28(36-38(29)35-19)20-16-21(30)18-22(31)17-20)33-23-4-6-24(7-5-23)37(13-3-12-32)14-15-40-26-10-8-25(39-2)9-11-26/h4-11,16-18H,3,13-15H2,1-2H3. The highest BCUT2D eigenvalue weighted by Crippen LogP contribution is 2.27. The van der Waals surface area contributed by atoms with Gasteiger partial charge in [-0.2, -0.15) is 10.4 Å². The molecule has 0 atom stereocenters. The first-order chi connectivity index (χ1) is 19.4. The summed E-state index contributed by atoms with van der Waals surface area (Å²) in [6.07, 6.45) is 0.401. The molecule has 0 radical (unpaired) electrons. The Morgan fingerprint density at radius 1 is 0.975 bits per heavy atom. The van der Waals surface area contributed by atoms with E-state index in [0.717, 1.165) is 22.9 Å². The highest BCUT2D eigenvalue weighted by Gasteiger charge is 2.25. The van der Waals surface area contributed by atoms with Gasteiger partial charge in [-0.05, 0) is 73.7 Å². The Morgan fingerprint density at radius 2 is 1.68 bits per heavy atom. The molecule has 2 heterocycles. The van der Waals surface area contributed by atoms with E-state index >= 15 is 0 Å². The Balaban J connectivity index is 1.30. The lowest BCUT2D eigenvalue weighted by molar-refractivity contribution is 0.323. The number of aromatic nitrogens is 3. The van der Waals surface area contributed by atoms with Crippen molar-refractivity contribution in [1.29, 1.82) is 5.26 Å². The van der Waals surface area contributed by atoms with Crippen LogP contribution in [-0.2, 0) is 0 Å². The van der Waals surface area contributed by atoms with Crippen molar-refractivity contribution in [3.8, 4) is 29.0 Å². The molecule has 0 bridgehead atoms. The van der Waals surface area contributed by atoms with Crippen molar-refractivity contribution < 1.29 is 9.47 Å². The van der Waals surface area contributed by atoms with Crippen LogP contribution in [-0.4, -0.2) is 53.1 Å². The lowest BCUT2D eigenvalue weighted by atomic mass is 10.2. The van der Waals surface area contributed by atoms with Gasteiger partial charge < -0.3 is 14.4 Å². The number of nitrogens with zero attached hydrogens (tertiary/aromatic N) is 7. The molecule has 1 aliphatic rings. The number of ether oxygens (including phenoxy) is 2. The zero-order valence-corrected chi connectivity index (χ0v) is 23.4. The third kappa shape index (κ3) is 6.25. The molecular formula is C29H25Cl2N7O2. The Hall–Kier alpha value is -4.39. The summed E-state index contributed by atoms with van der Waals surface area (Å²) in [5.74, 6) is 2.54. The molecule has 5 rings (SSSR count). The van der Waals surface area contributed by atoms with E-state index in [4.69, 9.17) is 42.9 Å². The lowest BCUT2D eigenvalue weighted by Crippen LogP contribution is -2.29. The van der Waals surface area contributed by atoms with Crippen LogP contribution in [0.2, 0.25) is 10.0 Å². The molecule has 1 aliphatic heterocycles. The van der Waals surface area contributed by atoms with E-state index in [1.54, 1.807) is 25.3 Å². The van der Waals surface area contributed by atoms with Crippen molar-refractivity contribution in [1.82, 2.24) is 14.9 Å². The highest BCUT2D eigenvalue weighted by atomic mass is 35.5. The molecule has 0 saturated carbocycles. The number of aliphatic imine (C=N–C) groups is 1. The van der Waals surface area contributed by atoms with E-state index in [0.29, 0.717) is 64.8 Å². The normalized spacial score (nSPS) is 13.1. The van der Waals surface area contributed by atoms with Crippen LogP contribution in [0.25, 0.3) is 11.4 Å². The molecule has 9 nitrogen and oxygen atoms in total. The summed E-state index contributed by atoms with van der Waals surface area (Å²) in [6, 6.07) is 22.7. The second-order valence-electron chi connectivity index (χ2n) is 8.89. The number of rotatable bonds is 10. The van der Waals surface area contributed by atoms with Gasteiger partial charge >= 0.3 is 0 Å². The van der Waals surface area contributed by atoms with Gasteiger partial charge in [-0.3, -0.25) is 0 Å². The van der Waals surface area contributed by atoms with Gasteiger partial charge in [-0.15, -0.1) is 9.89 Å². The van der Waals surface area contributed by atoms with E-state index in [1.165, 1.54) is 4.79 Å². The van der Waals surface area contributed by atoms with Crippen molar-refractivity contribution in [3.05, 3.63) is 82.6 Å². The van der Waals surface area contributed by atoms with Gasteiger partial charge in [0.2, 0.25) is 5.82 Å². The maximum atomic E-state index is 9.15. The fraction of sp³-hybridized carbons (Fsp3) is 0.207. The average Bonchev–Trinajstić information content (AvgIpc) is 3.49. The summed E-state index contributed by atoms with van der Waals surface area (Å²) in [5.41, 5.74) is 3.75. The quantitative estimate of drug-likeness (QED) is 0.217. The smallest absolute Gasteiger partial charge is 0.204 e. The van der Waals surface area contributed by atoms with Gasteiger partial charge in [-0.25, -0.2) is 9.98 Å². The zero-order valence-electron chi connectivity index (χ0n) is 21.9. The van der Waals surface area contributed by atoms with E-state index in [9.17, 15) is 0 Å². The molecule has 0 amide bonds. The average molecular weight is 574 g/mol. The van der Waals surface area contributed by atoms with Crippen molar-refractivity contribution in [2.45, 2.75) is 13.3 Å². The molecule has 0 saturated heterocycles. The second-order valence-corrected chi connectivity index (χ2v) is 9.76. The maximum absolute atomic E-state index is 9.15. The molecular weight excluding hydrogens is 549 g/mol. The van der Waals surface area contributed by atoms with E-state index in [-0.39, 0.29) is 0 Å². The molecule has 202 valence electrons. The van der Waals surface area contributed by atoms with Crippen LogP contribution in [0.15, 0.2) is 76.8 Å². The van der Waals surface area contributed by atoms with Crippen LogP contribution < -0.4 is 14.4 Å². The van der Waals surface area contributed by atoms with Gasteiger partial charge in [0.05, 0.1) is 37.5 Å². The lowest BCUT2D eigenvalue weighted by Gasteiger charge is -2.24. The monoisotopic (exact) mass is 573 g/mol. The number of fused-ring (bicyclic) bond motifs is 1. The minimum absolute atomic E-state index is 0.401. The molecule has 4 aromatic rings. The van der Waals surface area contributed by atoms with Crippen molar-refractivity contribution >= 4 is 46.0 Å². The molecule has 0 fully saturated rings. The minimum atomic E-state index is 0.401. The largest absolute Gasteiger partial charge is 0.497 e. The molecule has 11 heteroatoms. The number of benzene rings is 3. The van der Waals surface area contributed by atoms with E-state index in [2.05, 4.69) is 26.2 Å². The molecule has 40 heavy (non-hydrogen) atoms. The zero-order chi connectivity index (χ0) is 28.1. The number of nitriles is 1. The Bertz CT molecular complexity index is 1590.